The number of hydrogen-bond acceptors (Lipinski definition) is 6. The summed E-state index contributed by atoms with van der Waals surface area (Å²) in [6.07, 6.45) is 11.1. The van der Waals surface area contributed by atoms with E-state index >= 15 is 0 Å². The van der Waals surface area contributed by atoms with Crippen LogP contribution < -0.4 is 5.32 Å². The Kier molecular flexibility index (Phi) is 3.68. The highest BCUT2D eigenvalue weighted by Gasteiger charge is 2.13. The Bertz CT molecular complexity index is 1160. The van der Waals surface area contributed by atoms with Crippen molar-refractivity contribution in [3.05, 3.63) is 60.3 Å². The Labute approximate surface area is 154 Å². The minimum absolute atomic E-state index is 0.0431. The Morgan fingerprint density at radius 2 is 2.19 bits per heavy atom. The lowest BCUT2D eigenvalue weighted by Gasteiger charge is -2.09. The van der Waals surface area contributed by atoms with Gasteiger partial charge in [-0.2, -0.15) is 5.10 Å². The van der Waals surface area contributed by atoms with Gasteiger partial charge >= 0.3 is 0 Å². The molecule has 134 valence electrons. The molecule has 1 aromatic carbocycles. The average Bonchev–Trinajstić information content (AvgIpc) is 3.41. The van der Waals surface area contributed by atoms with E-state index in [0.29, 0.717) is 18.9 Å². The van der Waals surface area contributed by atoms with Crippen molar-refractivity contribution in [1.82, 2.24) is 24.1 Å². The maximum atomic E-state index is 9.05. The van der Waals surface area contributed by atoms with E-state index in [0.717, 1.165) is 28.2 Å². The van der Waals surface area contributed by atoms with Gasteiger partial charge < -0.3 is 14.8 Å². The maximum absolute atomic E-state index is 9.05. The molecule has 5 rings (SSSR count). The maximum Gasteiger partial charge on any atom is 0.180 e. The molecule has 8 heteroatoms. The van der Waals surface area contributed by atoms with Gasteiger partial charge in [-0.25, -0.2) is 9.97 Å². The Hall–Kier alpha value is -3.52. The van der Waals surface area contributed by atoms with Gasteiger partial charge in [-0.15, -0.1) is 0 Å². The van der Waals surface area contributed by atoms with E-state index in [1.54, 1.807) is 17.1 Å². The van der Waals surface area contributed by atoms with Crippen molar-refractivity contribution in [2.24, 2.45) is 4.99 Å². The van der Waals surface area contributed by atoms with Gasteiger partial charge in [0, 0.05) is 36.6 Å². The molecule has 4 aromatic rings. The van der Waals surface area contributed by atoms with Gasteiger partial charge in [-0.05, 0) is 17.2 Å². The van der Waals surface area contributed by atoms with Crippen molar-refractivity contribution in [3.63, 3.8) is 0 Å². The van der Waals surface area contributed by atoms with Crippen molar-refractivity contribution < 1.29 is 5.11 Å². The monoisotopic (exact) mass is 359 g/mol. The van der Waals surface area contributed by atoms with E-state index in [1.165, 1.54) is 5.56 Å². The first kappa shape index (κ1) is 15.7. The number of nitrogens with one attached hydrogen (secondary N) is 1. The Morgan fingerprint density at radius 3 is 3.11 bits per heavy atom. The highest BCUT2D eigenvalue weighted by molar-refractivity contribution is 5.86. The van der Waals surface area contributed by atoms with Crippen LogP contribution in [0.4, 0.5) is 11.5 Å². The molecule has 0 saturated heterocycles. The standard InChI is InChI=1S/C19H17N7O/c27-6-5-26-11-16(10-22-26)23-18-19-21-3-4-25(19)12-17(24-18)13-1-2-14-8-20-9-15(14)7-13/h1-4,7-8,10-12,27H,5-6,9H2,(H,23,24). The third kappa shape index (κ3) is 2.85. The van der Waals surface area contributed by atoms with Crippen LogP contribution in [0.1, 0.15) is 11.1 Å². The molecule has 0 radical (unpaired) electrons. The highest BCUT2D eigenvalue weighted by Crippen LogP contribution is 2.27. The summed E-state index contributed by atoms with van der Waals surface area (Å²) in [5.74, 6) is 0.651. The van der Waals surface area contributed by atoms with Gasteiger partial charge in [0.25, 0.3) is 0 Å². The van der Waals surface area contributed by atoms with Crippen LogP contribution in [-0.2, 0) is 13.1 Å². The van der Waals surface area contributed by atoms with Gasteiger partial charge in [0.05, 0.1) is 37.3 Å². The number of anilines is 2. The molecule has 2 N–H and O–H groups in total. The minimum Gasteiger partial charge on any atom is -0.394 e. The van der Waals surface area contributed by atoms with E-state index in [-0.39, 0.29) is 6.61 Å². The van der Waals surface area contributed by atoms with Gasteiger partial charge in [0.2, 0.25) is 0 Å². The van der Waals surface area contributed by atoms with E-state index in [9.17, 15) is 0 Å². The molecule has 0 atom stereocenters. The number of nitrogens with zero attached hydrogens (tertiary/aromatic N) is 6. The van der Waals surface area contributed by atoms with Crippen molar-refractivity contribution in [2.75, 3.05) is 11.9 Å². The van der Waals surface area contributed by atoms with E-state index in [4.69, 9.17) is 10.1 Å². The van der Waals surface area contributed by atoms with Gasteiger partial charge in [0.1, 0.15) is 0 Å². The quantitative estimate of drug-likeness (QED) is 0.570. The predicted molar refractivity (Wildman–Crippen MR) is 102 cm³/mol. The molecule has 1 aliphatic rings. The topological polar surface area (TPSA) is 92.6 Å². The molecule has 3 aromatic heterocycles. The fraction of sp³-hybridized carbons (Fsp3) is 0.158. The fourth-order valence-corrected chi connectivity index (χ4v) is 3.21. The third-order valence-electron chi connectivity index (χ3n) is 4.53. The van der Waals surface area contributed by atoms with E-state index in [1.807, 2.05) is 29.2 Å². The fourth-order valence-electron chi connectivity index (χ4n) is 3.21. The SMILES string of the molecule is OCCn1cc(Nc2nc(-c3ccc4c(c3)CN=C4)cn3ccnc23)cn1. The minimum atomic E-state index is 0.0431. The van der Waals surface area contributed by atoms with Crippen molar-refractivity contribution in [1.29, 1.82) is 0 Å². The molecule has 4 heterocycles. The summed E-state index contributed by atoms with van der Waals surface area (Å²) in [6.45, 7) is 1.21. The summed E-state index contributed by atoms with van der Waals surface area (Å²) in [7, 11) is 0. The van der Waals surface area contributed by atoms with Crippen LogP contribution in [0, 0.1) is 0 Å². The van der Waals surface area contributed by atoms with Crippen LogP contribution >= 0.6 is 0 Å². The van der Waals surface area contributed by atoms with Crippen LogP contribution in [0.5, 0.6) is 0 Å². The summed E-state index contributed by atoms with van der Waals surface area (Å²) in [5, 5.41) is 16.6. The molecule has 0 fully saturated rings. The Balaban J connectivity index is 1.55. The lowest BCUT2D eigenvalue weighted by Crippen LogP contribution is -2.02. The molecule has 0 amide bonds. The number of benzene rings is 1. The summed E-state index contributed by atoms with van der Waals surface area (Å²) < 4.78 is 3.63. The first-order valence-corrected chi connectivity index (χ1v) is 8.67. The number of aliphatic hydroxyl groups excluding tert-OH is 1. The number of hydrogen-bond donors (Lipinski definition) is 2. The normalized spacial score (nSPS) is 12.6. The summed E-state index contributed by atoms with van der Waals surface area (Å²) in [5.41, 5.74) is 5.78. The summed E-state index contributed by atoms with van der Waals surface area (Å²) in [6, 6.07) is 6.27. The average molecular weight is 359 g/mol. The van der Waals surface area contributed by atoms with Gasteiger partial charge in [-0.1, -0.05) is 12.1 Å². The number of aliphatic imine (C=N–C) groups is 1. The molecule has 0 unspecified atom stereocenters. The van der Waals surface area contributed by atoms with Gasteiger partial charge in [0.15, 0.2) is 11.5 Å². The number of aromatic nitrogens is 5. The number of fused-ring (bicyclic) bond motifs is 2. The zero-order valence-electron chi connectivity index (χ0n) is 14.4. The number of aliphatic hydroxyl groups is 1. The molecule has 0 aliphatic carbocycles. The van der Waals surface area contributed by atoms with E-state index < -0.39 is 0 Å². The van der Waals surface area contributed by atoms with Crippen LogP contribution in [0.3, 0.4) is 0 Å². The Morgan fingerprint density at radius 1 is 1.22 bits per heavy atom. The van der Waals surface area contributed by atoms with Crippen LogP contribution in [0.15, 0.2) is 54.2 Å². The largest absolute Gasteiger partial charge is 0.394 e. The molecule has 1 aliphatic heterocycles. The molecule has 0 bridgehead atoms. The predicted octanol–water partition coefficient (Wildman–Crippen LogP) is 2.26. The van der Waals surface area contributed by atoms with Crippen LogP contribution in [-0.4, -0.2) is 42.1 Å². The molecular weight excluding hydrogens is 342 g/mol. The lowest BCUT2D eigenvalue weighted by atomic mass is 10.0. The van der Waals surface area contributed by atoms with E-state index in [2.05, 4.69) is 38.6 Å². The first-order valence-electron chi connectivity index (χ1n) is 8.67. The first-order chi connectivity index (χ1) is 13.3. The molecule has 0 saturated carbocycles. The molecule has 0 spiro atoms. The smallest absolute Gasteiger partial charge is 0.180 e. The summed E-state index contributed by atoms with van der Waals surface area (Å²) in [4.78, 5) is 13.5. The van der Waals surface area contributed by atoms with Gasteiger partial charge in [-0.3, -0.25) is 9.67 Å². The van der Waals surface area contributed by atoms with Crippen molar-refractivity contribution >= 4 is 23.4 Å². The van der Waals surface area contributed by atoms with Crippen molar-refractivity contribution in [3.8, 4) is 11.3 Å². The summed E-state index contributed by atoms with van der Waals surface area (Å²) >= 11 is 0. The van der Waals surface area contributed by atoms with Crippen LogP contribution in [0.2, 0.25) is 0 Å². The number of rotatable bonds is 5. The molecular formula is C19H17N7O. The van der Waals surface area contributed by atoms with Crippen molar-refractivity contribution in [2.45, 2.75) is 13.1 Å². The second kappa shape index (κ2) is 6.33. The lowest BCUT2D eigenvalue weighted by molar-refractivity contribution is 0.269. The third-order valence-corrected chi connectivity index (χ3v) is 4.53. The zero-order chi connectivity index (χ0) is 18.2. The zero-order valence-corrected chi connectivity index (χ0v) is 14.4. The highest BCUT2D eigenvalue weighted by atomic mass is 16.3. The number of imidazole rings is 1. The second-order valence-electron chi connectivity index (χ2n) is 6.36. The van der Waals surface area contributed by atoms with Crippen LogP contribution in [0.25, 0.3) is 16.9 Å². The molecule has 27 heavy (non-hydrogen) atoms. The second-order valence-corrected chi connectivity index (χ2v) is 6.36. The molecule has 8 nitrogen and oxygen atoms in total.